The lowest BCUT2D eigenvalue weighted by Gasteiger charge is -2.06. The third kappa shape index (κ3) is 2.18. The van der Waals surface area contributed by atoms with Crippen LogP contribution in [0.25, 0.3) is 0 Å². The van der Waals surface area contributed by atoms with E-state index in [9.17, 15) is 0 Å². The Bertz CT molecular complexity index is 219. The molecular weight excluding hydrogens is 190 g/mol. The van der Waals surface area contributed by atoms with Gasteiger partial charge in [0.05, 0.1) is 0 Å². The molecule has 0 spiro atoms. The van der Waals surface area contributed by atoms with E-state index in [0.29, 0.717) is 6.04 Å². The Morgan fingerprint density at radius 2 is 2.75 bits per heavy atom. The first-order valence-electron chi connectivity index (χ1n) is 4.07. The molecule has 2 heterocycles. The van der Waals surface area contributed by atoms with Gasteiger partial charge in [-0.2, -0.15) is 0 Å². The summed E-state index contributed by atoms with van der Waals surface area (Å²) < 4.78 is 1.09. The van der Waals surface area contributed by atoms with Crippen molar-refractivity contribution < 1.29 is 0 Å². The summed E-state index contributed by atoms with van der Waals surface area (Å²) in [6, 6.07) is 0.693. The van der Waals surface area contributed by atoms with Gasteiger partial charge in [-0.25, -0.2) is 0 Å². The third-order valence-electron chi connectivity index (χ3n) is 1.91. The smallest absolute Gasteiger partial charge is 0.174 e. The van der Waals surface area contributed by atoms with Crippen LogP contribution in [-0.2, 0) is 0 Å². The van der Waals surface area contributed by atoms with Crippen LogP contribution in [0.5, 0.6) is 0 Å². The Balaban J connectivity index is 1.74. The Morgan fingerprint density at radius 1 is 1.75 bits per heavy atom. The van der Waals surface area contributed by atoms with Crippen molar-refractivity contribution in [3.05, 3.63) is 5.51 Å². The van der Waals surface area contributed by atoms with Crippen LogP contribution in [0.15, 0.2) is 9.85 Å². The molecule has 0 saturated carbocycles. The zero-order valence-electron chi connectivity index (χ0n) is 6.69. The molecule has 66 valence electrons. The molecular formula is C7H11N3S2. The van der Waals surface area contributed by atoms with Gasteiger partial charge >= 0.3 is 0 Å². The first-order valence-corrected chi connectivity index (χ1v) is 5.94. The van der Waals surface area contributed by atoms with Crippen molar-refractivity contribution in [1.82, 2.24) is 15.5 Å². The predicted octanol–water partition coefficient (Wildman–Crippen LogP) is 1.38. The van der Waals surface area contributed by atoms with Gasteiger partial charge in [0.15, 0.2) is 4.34 Å². The molecule has 12 heavy (non-hydrogen) atoms. The molecule has 1 aromatic rings. The molecule has 5 heteroatoms. The highest BCUT2D eigenvalue weighted by molar-refractivity contribution is 8.01. The van der Waals surface area contributed by atoms with Gasteiger partial charge in [-0.1, -0.05) is 23.1 Å². The topological polar surface area (TPSA) is 37.8 Å². The van der Waals surface area contributed by atoms with E-state index in [4.69, 9.17) is 0 Å². The van der Waals surface area contributed by atoms with E-state index in [2.05, 4.69) is 15.5 Å². The number of rotatable bonds is 3. The van der Waals surface area contributed by atoms with Gasteiger partial charge in [-0.05, 0) is 19.4 Å². The molecule has 3 nitrogen and oxygen atoms in total. The Morgan fingerprint density at radius 3 is 3.42 bits per heavy atom. The molecule has 0 bridgehead atoms. The molecule has 1 aliphatic rings. The summed E-state index contributed by atoms with van der Waals surface area (Å²) in [7, 11) is 0. The minimum Gasteiger partial charge on any atom is -0.313 e. The van der Waals surface area contributed by atoms with Gasteiger partial charge in [-0.3, -0.25) is 0 Å². The molecule has 0 unspecified atom stereocenters. The van der Waals surface area contributed by atoms with Gasteiger partial charge in [0.1, 0.15) is 5.51 Å². The molecule has 0 aliphatic carbocycles. The predicted molar refractivity (Wildman–Crippen MR) is 51.7 cm³/mol. The highest BCUT2D eigenvalue weighted by atomic mass is 32.2. The van der Waals surface area contributed by atoms with Crippen molar-refractivity contribution in [2.45, 2.75) is 23.2 Å². The van der Waals surface area contributed by atoms with Crippen LogP contribution in [-0.4, -0.2) is 28.5 Å². The van der Waals surface area contributed by atoms with E-state index in [1.54, 1.807) is 28.6 Å². The van der Waals surface area contributed by atoms with Crippen molar-refractivity contribution in [1.29, 1.82) is 0 Å². The number of nitrogens with zero attached hydrogens (tertiary/aromatic N) is 2. The fourth-order valence-electron chi connectivity index (χ4n) is 1.30. The maximum Gasteiger partial charge on any atom is 0.174 e. The normalized spacial score (nSPS) is 23.2. The molecule has 2 rings (SSSR count). The van der Waals surface area contributed by atoms with E-state index < -0.39 is 0 Å². The Hall–Kier alpha value is -0.130. The van der Waals surface area contributed by atoms with Crippen molar-refractivity contribution in [3.63, 3.8) is 0 Å². The average Bonchev–Trinajstić information content (AvgIpc) is 2.74. The first kappa shape index (κ1) is 8.47. The molecule has 1 aliphatic heterocycles. The van der Waals surface area contributed by atoms with Gasteiger partial charge in [-0.15, -0.1) is 10.2 Å². The van der Waals surface area contributed by atoms with Gasteiger partial charge in [0, 0.05) is 11.8 Å². The number of thioether (sulfide) groups is 1. The molecule has 0 amide bonds. The summed E-state index contributed by atoms with van der Waals surface area (Å²) in [6.45, 7) is 1.18. The molecule has 0 radical (unpaired) electrons. The maximum absolute atomic E-state index is 3.98. The lowest BCUT2D eigenvalue weighted by molar-refractivity contribution is 0.674. The molecule has 1 atom stereocenters. The van der Waals surface area contributed by atoms with Crippen molar-refractivity contribution in [2.75, 3.05) is 12.3 Å². The van der Waals surface area contributed by atoms with Crippen LogP contribution in [0, 0.1) is 0 Å². The molecule has 0 aromatic carbocycles. The molecule has 1 N–H and O–H groups in total. The van der Waals surface area contributed by atoms with E-state index >= 15 is 0 Å². The highest BCUT2D eigenvalue weighted by Crippen LogP contribution is 2.21. The van der Waals surface area contributed by atoms with Gasteiger partial charge in [0.25, 0.3) is 0 Å². The zero-order chi connectivity index (χ0) is 8.23. The second kappa shape index (κ2) is 4.20. The van der Waals surface area contributed by atoms with E-state index in [0.717, 1.165) is 10.1 Å². The third-order valence-corrected chi connectivity index (χ3v) is 3.93. The zero-order valence-corrected chi connectivity index (χ0v) is 8.33. The number of hydrogen-bond acceptors (Lipinski definition) is 5. The highest BCUT2D eigenvalue weighted by Gasteiger charge is 2.14. The molecule has 1 fully saturated rings. The van der Waals surface area contributed by atoms with E-state index in [1.807, 2.05) is 0 Å². The molecule has 1 aromatic heterocycles. The summed E-state index contributed by atoms with van der Waals surface area (Å²) in [5, 5.41) is 11.2. The second-order valence-electron chi connectivity index (χ2n) is 2.81. The summed E-state index contributed by atoms with van der Waals surface area (Å²) in [5.41, 5.74) is 1.78. The Labute approximate surface area is 80.0 Å². The minimum absolute atomic E-state index is 0.693. The first-order chi connectivity index (χ1) is 5.95. The standard InChI is InChI=1S/C7H11N3S2/c1-2-6(8-3-1)4-11-7-10-9-5-12-7/h5-6,8H,1-4H2/t6-/m1/s1. The largest absolute Gasteiger partial charge is 0.313 e. The van der Waals surface area contributed by atoms with E-state index in [-0.39, 0.29) is 0 Å². The average molecular weight is 201 g/mol. The SMILES string of the molecule is c1nnc(SC[C@H]2CCCN2)s1. The van der Waals surface area contributed by atoms with Crippen LogP contribution in [0.2, 0.25) is 0 Å². The van der Waals surface area contributed by atoms with Crippen LogP contribution in [0.1, 0.15) is 12.8 Å². The van der Waals surface area contributed by atoms with Crippen LogP contribution in [0.4, 0.5) is 0 Å². The van der Waals surface area contributed by atoms with Gasteiger partial charge in [0.2, 0.25) is 0 Å². The van der Waals surface area contributed by atoms with E-state index in [1.165, 1.54) is 19.4 Å². The van der Waals surface area contributed by atoms with Crippen molar-refractivity contribution in [3.8, 4) is 0 Å². The summed E-state index contributed by atoms with van der Waals surface area (Å²) in [5.74, 6) is 1.13. The summed E-state index contributed by atoms with van der Waals surface area (Å²) >= 11 is 3.43. The fraction of sp³-hybridized carbons (Fsp3) is 0.714. The summed E-state index contributed by atoms with van der Waals surface area (Å²) in [6.07, 6.45) is 2.63. The minimum atomic E-state index is 0.693. The quantitative estimate of drug-likeness (QED) is 0.750. The van der Waals surface area contributed by atoms with Gasteiger partial charge < -0.3 is 5.32 Å². The monoisotopic (exact) mass is 201 g/mol. The number of hydrogen-bond donors (Lipinski definition) is 1. The maximum atomic E-state index is 3.98. The van der Waals surface area contributed by atoms with Crippen LogP contribution in [0.3, 0.4) is 0 Å². The molecule has 1 saturated heterocycles. The summed E-state index contributed by atoms with van der Waals surface area (Å²) in [4.78, 5) is 0. The number of nitrogens with one attached hydrogen (secondary N) is 1. The van der Waals surface area contributed by atoms with Crippen molar-refractivity contribution >= 4 is 23.1 Å². The Kier molecular flexibility index (Phi) is 2.97. The van der Waals surface area contributed by atoms with Crippen LogP contribution < -0.4 is 5.32 Å². The van der Waals surface area contributed by atoms with Crippen molar-refractivity contribution in [2.24, 2.45) is 0 Å². The van der Waals surface area contributed by atoms with Crippen LogP contribution >= 0.6 is 23.1 Å². The number of aromatic nitrogens is 2. The fourth-order valence-corrected chi connectivity index (χ4v) is 2.91. The lowest BCUT2D eigenvalue weighted by Crippen LogP contribution is -2.23. The lowest BCUT2D eigenvalue weighted by atomic mass is 10.3. The second-order valence-corrected chi connectivity index (χ2v) is 4.91.